The lowest BCUT2D eigenvalue weighted by Gasteiger charge is -2.25. The Bertz CT molecular complexity index is 610. The molecule has 0 N–H and O–H groups in total. The SMILES string of the molecule is CCOC(=O)c1csc(C2C3CN(C(=O)OC(C)(C)C)CC32)n1. The lowest BCUT2D eigenvalue weighted by atomic mass is 10.2. The third-order valence-electron chi connectivity index (χ3n) is 4.14. The molecule has 23 heavy (non-hydrogen) atoms. The molecule has 1 aromatic heterocycles. The first-order chi connectivity index (χ1) is 10.8. The molecule has 1 aliphatic carbocycles. The molecule has 126 valence electrons. The van der Waals surface area contributed by atoms with Gasteiger partial charge in [-0.15, -0.1) is 11.3 Å². The quantitative estimate of drug-likeness (QED) is 0.793. The van der Waals surface area contributed by atoms with Gasteiger partial charge in [-0.05, 0) is 39.5 Å². The number of carbonyl (C=O) groups excluding carboxylic acids is 2. The van der Waals surface area contributed by atoms with Crippen LogP contribution in [0.4, 0.5) is 4.79 Å². The molecule has 2 heterocycles. The summed E-state index contributed by atoms with van der Waals surface area (Å²) in [5.74, 6) is 0.866. The number of esters is 1. The number of fused-ring (bicyclic) bond motifs is 1. The molecule has 1 amide bonds. The molecule has 1 aliphatic heterocycles. The minimum absolute atomic E-state index is 0.241. The van der Waals surface area contributed by atoms with Crippen LogP contribution >= 0.6 is 11.3 Å². The third kappa shape index (κ3) is 3.34. The molecule has 3 rings (SSSR count). The number of piperidine rings is 1. The van der Waals surface area contributed by atoms with Crippen molar-refractivity contribution < 1.29 is 19.1 Å². The summed E-state index contributed by atoms with van der Waals surface area (Å²) in [6.07, 6.45) is -0.241. The van der Waals surface area contributed by atoms with Crippen molar-refractivity contribution in [1.82, 2.24) is 9.88 Å². The van der Waals surface area contributed by atoms with Crippen molar-refractivity contribution >= 4 is 23.4 Å². The van der Waals surface area contributed by atoms with E-state index < -0.39 is 5.60 Å². The number of amides is 1. The van der Waals surface area contributed by atoms with Crippen LogP contribution in [-0.2, 0) is 9.47 Å². The van der Waals surface area contributed by atoms with Crippen molar-refractivity contribution in [3.63, 3.8) is 0 Å². The summed E-state index contributed by atoms with van der Waals surface area (Å²) in [7, 11) is 0. The van der Waals surface area contributed by atoms with Crippen LogP contribution in [0, 0.1) is 11.8 Å². The lowest BCUT2D eigenvalue weighted by molar-refractivity contribution is 0.0271. The molecule has 1 saturated heterocycles. The highest BCUT2D eigenvalue weighted by Crippen LogP contribution is 2.58. The molecule has 7 heteroatoms. The average Bonchev–Trinajstić information content (AvgIpc) is 2.85. The van der Waals surface area contributed by atoms with Crippen LogP contribution in [-0.4, -0.2) is 47.2 Å². The first-order valence-corrected chi connectivity index (χ1v) is 8.78. The molecule has 0 aromatic carbocycles. The summed E-state index contributed by atoms with van der Waals surface area (Å²) >= 11 is 1.50. The fraction of sp³-hybridized carbons (Fsp3) is 0.688. The highest BCUT2D eigenvalue weighted by molar-refractivity contribution is 7.10. The molecule has 2 unspecified atom stereocenters. The lowest BCUT2D eigenvalue weighted by Crippen LogP contribution is -2.36. The van der Waals surface area contributed by atoms with E-state index in [-0.39, 0.29) is 12.1 Å². The van der Waals surface area contributed by atoms with Gasteiger partial charge in [-0.25, -0.2) is 14.6 Å². The van der Waals surface area contributed by atoms with Gasteiger partial charge in [0, 0.05) is 24.4 Å². The second-order valence-corrected chi connectivity index (χ2v) is 7.92. The van der Waals surface area contributed by atoms with Gasteiger partial charge in [-0.2, -0.15) is 0 Å². The Balaban J connectivity index is 1.56. The van der Waals surface area contributed by atoms with Crippen LogP contribution < -0.4 is 0 Å². The summed E-state index contributed by atoms with van der Waals surface area (Å²) in [6.45, 7) is 9.16. The van der Waals surface area contributed by atoms with Crippen molar-refractivity contribution in [2.24, 2.45) is 11.8 Å². The van der Waals surface area contributed by atoms with Gasteiger partial charge >= 0.3 is 12.1 Å². The Morgan fingerprint density at radius 3 is 2.57 bits per heavy atom. The Hall–Kier alpha value is -1.63. The fourth-order valence-electron chi connectivity index (χ4n) is 3.11. The fourth-order valence-corrected chi connectivity index (χ4v) is 4.15. The number of nitrogens with zero attached hydrogens (tertiary/aromatic N) is 2. The molecule has 0 bridgehead atoms. The highest BCUT2D eigenvalue weighted by Gasteiger charge is 2.59. The summed E-state index contributed by atoms with van der Waals surface area (Å²) in [6, 6.07) is 0. The zero-order valence-corrected chi connectivity index (χ0v) is 14.7. The van der Waals surface area contributed by atoms with Crippen molar-refractivity contribution in [3.8, 4) is 0 Å². The maximum atomic E-state index is 12.1. The van der Waals surface area contributed by atoms with Gasteiger partial charge in [0.25, 0.3) is 0 Å². The van der Waals surface area contributed by atoms with Crippen LogP contribution in [0.15, 0.2) is 5.38 Å². The zero-order chi connectivity index (χ0) is 16.8. The van der Waals surface area contributed by atoms with E-state index in [1.54, 1.807) is 17.2 Å². The maximum absolute atomic E-state index is 12.1. The first kappa shape index (κ1) is 16.2. The van der Waals surface area contributed by atoms with Crippen molar-refractivity contribution in [2.75, 3.05) is 19.7 Å². The van der Waals surface area contributed by atoms with Crippen LogP contribution in [0.1, 0.15) is 49.1 Å². The largest absolute Gasteiger partial charge is 0.461 e. The molecule has 2 fully saturated rings. The van der Waals surface area contributed by atoms with Gasteiger partial charge in [0.2, 0.25) is 0 Å². The number of thiazole rings is 1. The monoisotopic (exact) mass is 338 g/mol. The molecule has 2 atom stereocenters. The number of rotatable bonds is 3. The Kier molecular flexibility index (Phi) is 4.08. The highest BCUT2D eigenvalue weighted by atomic mass is 32.1. The maximum Gasteiger partial charge on any atom is 0.410 e. The third-order valence-corrected chi connectivity index (χ3v) is 5.08. The van der Waals surface area contributed by atoms with Crippen molar-refractivity contribution in [3.05, 3.63) is 16.1 Å². The Labute approximate surface area is 139 Å². The van der Waals surface area contributed by atoms with E-state index in [2.05, 4.69) is 4.98 Å². The number of likely N-dealkylation sites (tertiary alicyclic amines) is 1. The molecule has 0 spiro atoms. The van der Waals surface area contributed by atoms with Gasteiger partial charge in [-0.1, -0.05) is 0 Å². The molecule has 0 radical (unpaired) electrons. The average molecular weight is 338 g/mol. The van der Waals surface area contributed by atoms with Crippen LogP contribution in [0.3, 0.4) is 0 Å². The molecule has 6 nitrogen and oxygen atoms in total. The van der Waals surface area contributed by atoms with E-state index >= 15 is 0 Å². The molecule has 1 saturated carbocycles. The van der Waals surface area contributed by atoms with E-state index in [0.29, 0.717) is 43.1 Å². The van der Waals surface area contributed by atoms with Crippen LogP contribution in [0.2, 0.25) is 0 Å². The summed E-state index contributed by atoms with van der Waals surface area (Å²) in [5.41, 5.74) is -0.0755. The summed E-state index contributed by atoms with van der Waals surface area (Å²) < 4.78 is 10.4. The van der Waals surface area contributed by atoms with E-state index in [1.165, 1.54) is 11.3 Å². The van der Waals surface area contributed by atoms with E-state index in [0.717, 1.165) is 5.01 Å². The van der Waals surface area contributed by atoms with Gasteiger partial charge in [0.1, 0.15) is 5.60 Å². The normalized spacial score (nSPS) is 25.9. The van der Waals surface area contributed by atoms with Gasteiger partial charge in [-0.3, -0.25) is 0 Å². The molecule has 1 aromatic rings. The number of aromatic nitrogens is 1. The topological polar surface area (TPSA) is 68.7 Å². The Morgan fingerprint density at radius 1 is 1.35 bits per heavy atom. The second-order valence-electron chi connectivity index (χ2n) is 7.03. The molecular formula is C16H22N2O4S. The van der Waals surface area contributed by atoms with E-state index in [1.807, 2.05) is 20.8 Å². The number of carbonyl (C=O) groups is 2. The molecular weight excluding hydrogens is 316 g/mol. The molecule has 2 aliphatic rings. The van der Waals surface area contributed by atoms with Gasteiger partial charge in [0.05, 0.1) is 11.6 Å². The number of hydrogen-bond acceptors (Lipinski definition) is 6. The summed E-state index contributed by atoms with van der Waals surface area (Å²) in [4.78, 5) is 29.9. The van der Waals surface area contributed by atoms with Crippen molar-refractivity contribution in [2.45, 2.75) is 39.2 Å². The predicted molar refractivity (Wildman–Crippen MR) is 85.6 cm³/mol. The number of ether oxygens (including phenoxy) is 2. The van der Waals surface area contributed by atoms with Crippen LogP contribution in [0.25, 0.3) is 0 Å². The van der Waals surface area contributed by atoms with E-state index in [9.17, 15) is 9.59 Å². The minimum atomic E-state index is -0.465. The summed E-state index contributed by atoms with van der Waals surface area (Å²) in [5, 5.41) is 2.74. The predicted octanol–water partition coefficient (Wildman–Crippen LogP) is 2.90. The smallest absolute Gasteiger partial charge is 0.410 e. The van der Waals surface area contributed by atoms with Gasteiger partial charge < -0.3 is 14.4 Å². The zero-order valence-electron chi connectivity index (χ0n) is 13.9. The standard InChI is InChI=1S/C16H22N2O4S/c1-5-21-14(19)11-8-23-13(17-11)12-9-6-18(7-10(9)12)15(20)22-16(2,3)4/h8-10,12H,5-7H2,1-4H3. The first-order valence-electron chi connectivity index (χ1n) is 7.90. The van der Waals surface area contributed by atoms with E-state index in [4.69, 9.17) is 9.47 Å². The van der Waals surface area contributed by atoms with Crippen LogP contribution in [0.5, 0.6) is 0 Å². The minimum Gasteiger partial charge on any atom is -0.461 e. The second kappa shape index (κ2) is 5.78. The Morgan fingerprint density at radius 2 is 2.00 bits per heavy atom. The van der Waals surface area contributed by atoms with Crippen molar-refractivity contribution in [1.29, 1.82) is 0 Å². The van der Waals surface area contributed by atoms with Gasteiger partial charge in [0.15, 0.2) is 5.69 Å². The number of hydrogen-bond donors (Lipinski definition) is 0.